The van der Waals surface area contributed by atoms with E-state index in [1.165, 1.54) is 0 Å². The smallest absolute Gasteiger partial charge is 0.0663 e. The van der Waals surface area contributed by atoms with E-state index in [1.54, 1.807) is 6.92 Å². The zero-order valence-corrected chi connectivity index (χ0v) is 8.28. The third kappa shape index (κ3) is 3.09. The van der Waals surface area contributed by atoms with Gasteiger partial charge in [-0.2, -0.15) is 0 Å². The summed E-state index contributed by atoms with van der Waals surface area (Å²) >= 11 is 0. The molecule has 0 rings (SSSR count). The monoisotopic (exact) mass is 176 g/mol. The fraction of sp³-hybridized carbons (Fsp3) is 1.00. The van der Waals surface area contributed by atoms with Crippen molar-refractivity contribution in [1.82, 2.24) is 0 Å². The van der Waals surface area contributed by atoms with Crippen molar-refractivity contribution in [2.75, 3.05) is 6.61 Å². The molecule has 0 aromatic carbocycles. The second-order valence-corrected chi connectivity index (χ2v) is 4.40. The summed E-state index contributed by atoms with van der Waals surface area (Å²) in [5.74, 6) is -0.454. The molecule has 3 atom stereocenters. The number of hydrogen-bond donors (Lipinski definition) is 3. The van der Waals surface area contributed by atoms with E-state index in [1.807, 2.05) is 20.8 Å². The molecule has 0 amide bonds. The first-order valence-electron chi connectivity index (χ1n) is 4.27. The topological polar surface area (TPSA) is 60.7 Å². The molecule has 0 radical (unpaired) electrons. The SMILES string of the molecule is C[C@@H](O)[C@H](CO)[C@@H](O)C(C)(C)C. The van der Waals surface area contributed by atoms with Crippen LogP contribution in [0, 0.1) is 11.3 Å². The molecular weight excluding hydrogens is 156 g/mol. The number of aliphatic hydroxyl groups excluding tert-OH is 3. The van der Waals surface area contributed by atoms with Crippen molar-refractivity contribution in [3.05, 3.63) is 0 Å². The third-order valence-electron chi connectivity index (χ3n) is 2.12. The van der Waals surface area contributed by atoms with Crippen LogP contribution in [0.3, 0.4) is 0 Å². The Hall–Kier alpha value is -0.120. The highest BCUT2D eigenvalue weighted by Gasteiger charge is 2.32. The molecule has 0 saturated carbocycles. The Kier molecular flexibility index (Phi) is 4.17. The van der Waals surface area contributed by atoms with Crippen molar-refractivity contribution >= 4 is 0 Å². The van der Waals surface area contributed by atoms with Gasteiger partial charge < -0.3 is 15.3 Å². The minimum atomic E-state index is -0.678. The van der Waals surface area contributed by atoms with E-state index in [4.69, 9.17) is 5.11 Å². The van der Waals surface area contributed by atoms with E-state index in [2.05, 4.69) is 0 Å². The van der Waals surface area contributed by atoms with Gasteiger partial charge in [0.1, 0.15) is 0 Å². The number of rotatable bonds is 3. The fourth-order valence-electron chi connectivity index (χ4n) is 1.16. The average Bonchev–Trinajstić information content (AvgIpc) is 1.86. The first kappa shape index (κ1) is 11.9. The zero-order chi connectivity index (χ0) is 9.94. The molecule has 3 heteroatoms. The van der Waals surface area contributed by atoms with Gasteiger partial charge in [0.25, 0.3) is 0 Å². The highest BCUT2D eigenvalue weighted by atomic mass is 16.3. The van der Waals surface area contributed by atoms with Gasteiger partial charge in [-0.15, -0.1) is 0 Å². The van der Waals surface area contributed by atoms with Gasteiger partial charge in [0.2, 0.25) is 0 Å². The van der Waals surface area contributed by atoms with Crippen molar-refractivity contribution in [1.29, 1.82) is 0 Å². The van der Waals surface area contributed by atoms with Crippen LogP contribution in [0.15, 0.2) is 0 Å². The Balaban J connectivity index is 4.32. The molecule has 74 valence electrons. The lowest BCUT2D eigenvalue weighted by Gasteiger charge is -2.33. The average molecular weight is 176 g/mol. The predicted octanol–water partition coefficient (Wildman–Crippen LogP) is 0.383. The molecule has 0 unspecified atom stereocenters. The first-order valence-corrected chi connectivity index (χ1v) is 4.27. The maximum atomic E-state index is 9.70. The largest absolute Gasteiger partial charge is 0.396 e. The quantitative estimate of drug-likeness (QED) is 0.582. The van der Waals surface area contributed by atoms with Crippen LogP contribution in [0.4, 0.5) is 0 Å². The van der Waals surface area contributed by atoms with E-state index in [-0.39, 0.29) is 12.0 Å². The van der Waals surface area contributed by atoms with Crippen molar-refractivity contribution < 1.29 is 15.3 Å². The summed E-state index contributed by atoms with van der Waals surface area (Å²) in [4.78, 5) is 0. The van der Waals surface area contributed by atoms with Gasteiger partial charge in [0.05, 0.1) is 18.8 Å². The molecule has 3 N–H and O–H groups in total. The normalized spacial score (nSPS) is 20.2. The summed E-state index contributed by atoms with van der Waals surface area (Å²) in [6, 6.07) is 0. The fourth-order valence-corrected chi connectivity index (χ4v) is 1.16. The Bertz CT molecular complexity index is 126. The Morgan fingerprint density at radius 3 is 1.67 bits per heavy atom. The van der Waals surface area contributed by atoms with Gasteiger partial charge >= 0.3 is 0 Å². The van der Waals surface area contributed by atoms with Gasteiger partial charge in [-0.25, -0.2) is 0 Å². The summed E-state index contributed by atoms with van der Waals surface area (Å²) in [6.07, 6.45) is -1.35. The van der Waals surface area contributed by atoms with E-state index in [0.717, 1.165) is 0 Å². The van der Waals surface area contributed by atoms with Gasteiger partial charge in [0, 0.05) is 5.92 Å². The van der Waals surface area contributed by atoms with Crippen LogP contribution in [0.2, 0.25) is 0 Å². The first-order chi connectivity index (χ1) is 5.30. The van der Waals surface area contributed by atoms with E-state index >= 15 is 0 Å². The van der Waals surface area contributed by atoms with Crippen LogP contribution in [0.1, 0.15) is 27.7 Å². The summed E-state index contributed by atoms with van der Waals surface area (Å²) in [7, 11) is 0. The van der Waals surface area contributed by atoms with Gasteiger partial charge in [-0.3, -0.25) is 0 Å². The van der Waals surface area contributed by atoms with Crippen LogP contribution >= 0.6 is 0 Å². The Morgan fingerprint density at radius 1 is 1.17 bits per heavy atom. The second-order valence-electron chi connectivity index (χ2n) is 4.40. The standard InChI is InChI=1S/C9H20O3/c1-6(11)7(5-10)8(12)9(2,3)4/h6-8,10-12H,5H2,1-4H3/t6-,7+,8-/m1/s1. The minimum absolute atomic E-state index is 0.184. The third-order valence-corrected chi connectivity index (χ3v) is 2.12. The molecule has 0 aliphatic rings. The maximum absolute atomic E-state index is 9.70. The second kappa shape index (κ2) is 4.21. The highest BCUT2D eigenvalue weighted by molar-refractivity contribution is 4.82. The van der Waals surface area contributed by atoms with Gasteiger partial charge in [-0.1, -0.05) is 20.8 Å². The van der Waals surface area contributed by atoms with E-state index in [9.17, 15) is 10.2 Å². The summed E-state index contributed by atoms with van der Waals surface area (Å²) in [5, 5.41) is 27.8. The lowest BCUT2D eigenvalue weighted by molar-refractivity contribution is -0.0582. The van der Waals surface area contributed by atoms with Crippen LogP contribution < -0.4 is 0 Å². The molecule has 12 heavy (non-hydrogen) atoms. The molecule has 0 fully saturated rings. The van der Waals surface area contributed by atoms with Crippen LogP contribution in [0.25, 0.3) is 0 Å². The van der Waals surface area contributed by atoms with Gasteiger partial charge in [0.15, 0.2) is 0 Å². The van der Waals surface area contributed by atoms with Crippen molar-refractivity contribution in [3.63, 3.8) is 0 Å². The molecule has 0 saturated heterocycles. The Morgan fingerprint density at radius 2 is 1.58 bits per heavy atom. The van der Waals surface area contributed by atoms with Crippen LogP contribution in [-0.2, 0) is 0 Å². The summed E-state index contributed by atoms with van der Waals surface area (Å²) < 4.78 is 0. The van der Waals surface area contributed by atoms with E-state index < -0.39 is 18.1 Å². The van der Waals surface area contributed by atoms with Crippen LogP contribution in [-0.4, -0.2) is 34.1 Å². The van der Waals surface area contributed by atoms with Crippen molar-refractivity contribution in [2.24, 2.45) is 11.3 Å². The maximum Gasteiger partial charge on any atom is 0.0663 e. The summed E-state index contributed by atoms with van der Waals surface area (Å²) in [6.45, 7) is 7.03. The molecule has 0 aromatic heterocycles. The summed E-state index contributed by atoms with van der Waals surface area (Å²) in [5.41, 5.74) is -0.301. The minimum Gasteiger partial charge on any atom is -0.396 e. The highest BCUT2D eigenvalue weighted by Crippen LogP contribution is 2.26. The molecule has 0 heterocycles. The lowest BCUT2D eigenvalue weighted by atomic mass is 9.79. The van der Waals surface area contributed by atoms with Crippen molar-refractivity contribution in [3.8, 4) is 0 Å². The molecule has 3 nitrogen and oxygen atoms in total. The molecule has 0 bridgehead atoms. The number of hydrogen-bond acceptors (Lipinski definition) is 3. The number of aliphatic hydroxyl groups is 3. The zero-order valence-electron chi connectivity index (χ0n) is 8.28. The molecule has 0 aliphatic heterocycles. The van der Waals surface area contributed by atoms with Gasteiger partial charge in [-0.05, 0) is 12.3 Å². The Labute approximate surface area is 74.0 Å². The molecular formula is C9H20O3. The molecule has 0 aromatic rings. The van der Waals surface area contributed by atoms with Crippen molar-refractivity contribution in [2.45, 2.75) is 39.9 Å². The molecule has 0 spiro atoms. The predicted molar refractivity (Wildman–Crippen MR) is 47.7 cm³/mol. The lowest BCUT2D eigenvalue weighted by Crippen LogP contribution is -2.41. The molecule has 0 aliphatic carbocycles. The van der Waals surface area contributed by atoms with Crippen LogP contribution in [0.5, 0.6) is 0 Å². The van der Waals surface area contributed by atoms with E-state index in [0.29, 0.717) is 0 Å².